The zero-order chi connectivity index (χ0) is 13.0. The van der Waals surface area contributed by atoms with Crippen molar-refractivity contribution in [3.05, 3.63) is 23.9 Å². The van der Waals surface area contributed by atoms with Crippen LogP contribution in [0.15, 0.2) is 18.2 Å². The number of hydrogen-bond acceptors (Lipinski definition) is 4. The van der Waals surface area contributed by atoms with Gasteiger partial charge in [-0.15, -0.1) is 0 Å². The first-order valence-corrected chi connectivity index (χ1v) is 6.15. The van der Waals surface area contributed by atoms with Crippen LogP contribution in [0.25, 0.3) is 0 Å². The predicted molar refractivity (Wildman–Crippen MR) is 66.5 cm³/mol. The molecule has 0 radical (unpaired) electrons. The summed E-state index contributed by atoms with van der Waals surface area (Å²) in [6.45, 7) is 1.63. The first-order chi connectivity index (χ1) is 8.69. The fourth-order valence-corrected chi connectivity index (χ4v) is 2.40. The van der Waals surface area contributed by atoms with Crippen molar-refractivity contribution < 1.29 is 14.6 Å². The second-order valence-corrected chi connectivity index (χ2v) is 4.54. The van der Waals surface area contributed by atoms with Gasteiger partial charge in [0.15, 0.2) is 0 Å². The largest absolute Gasteiger partial charge is 0.481 e. The molecule has 1 atom stereocenters. The van der Waals surface area contributed by atoms with Gasteiger partial charge in [0.2, 0.25) is 5.88 Å². The maximum atomic E-state index is 10.8. The van der Waals surface area contributed by atoms with Gasteiger partial charge < -0.3 is 9.84 Å². The van der Waals surface area contributed by atoms with Crippen molar-refractivity contribution in [2.45, 2.75) is 31.8 Å². The van der Waals surface area contributed by atoms with Gasteiger partial charge in [-0.3, -0.25) is 9.69 Å². The lowest BCUT2D eigenvalue weighted by Crippen LogP contribution is -2.31. The van der Waals surface area contributed by atoms with E-state index < -0.39 is 5.97 Å². The highest BCUT2D eigenvalue weighted by atomic mass is 16.5. The molecule has 2 heterocycles. The first-order valence-electron chi connectivity index (χ1n) is 6.15. The van der Waals surface area contributed by atoms with E-state index in [-0.39, 0.29) is 12.5 Å². The van der Waals surface area contributed by atoms with Crippen LogP contribution in [0, 0.1) is 0 Å². The predicted octanol–water partition coefficient (Wildman–Crippen LogP) is 1.53. The third-order valence-corrected chi connectivity index (χ3v) is 3.26. The molecule has 98 valence electrons. The third kappa shape index (κ3) is 3.20. The maximum absolute atomic E-state index is 10.8. The average molecular weight is 250 g/mol. The lowest BCUT2D eigenvalue weighted by atomic mass is 10.1. The first kappa shape index (κ1) is 12.8. The molecule has 0 aromatic carbocycles. The van der Waals surface area contributed by atoms with E-state index in [9.17, 15) is 4.79 Å². The van der Waals surface area contributed by atoms with Gasteiger partial charge in [0.1, 0.15) is 0 Å². The van der Waals surface area contributed by atoms with E-state index in [1.54, 1.807) is 7.11 Å². The number of nitrogens with zero attached hydrogens (tertiary/aromatic N) is 2. The molecule has 0 bridgehead atoms. The molecule has 1 saturated heterocycles. The number of carboxylic acid groups (broad SMARTS) is 1. The minimum absolute atomic E-state index is 0.135. The molecule has 1 N–H and O–H groups in total. The highest BCUT2D eigenvalue weighted by Crippen LogP contribution is 2.22. The van der Waals surface area contributed by atoms with Crippen molar-refractivity contribution in [3.63, 3.8) is 0 Å². The topological polar surface area (TPSA) is 62.7 Å². The summed E-state index contributed by atoms with van der Waals surface area (Å²) in [5.41, 5.74) is 0.923. The fraction of sp³-hybridized carbons (Fsp3) is 0.538. The van der Waals surface area contributed by atoms with Crippen molar-refractivity contribution in [3.8, 4) is 5.88 Å². The highest BCUT2D eigenvalue weighted by molar-refractivity contribution is 5.67. The fourth-order valence-electron chi connectivity index (χ4n) is 2.40. The Hall–Kier alpha value is -1.62. The van der Waals surface area contributed by atoms with E-state index in [2.05, 4.69) is 9.88 Å². The minimum Gasteiger partial charge on any atom is -0.481 e. The van der Waals surface area contributed by atoms with E-state index in [4.69, 9.17) is 9.84 Å². The minimum atomic E-state index is -0.731. The number of carbonyl (C=O) groups is 1. The molecular weight excluding hydrogens is 232 g/mol. The number of rotatable bonds is 5. The van der Waals surface area contributed by atoms with Crippen LogP contribution >= 0.6 is 0 Å². The molecule has 2 rings (SSSR count). The SMILES string of the molecule is COc1cccc(CN2CCCC2CC(=O)O)n1. The molecule has 1 fully saturated rings. The Bertz CT molecular complexity index is 422. The molecule has 18 heavy (non-hydrogen) atoms. The lowest BCUT2D eigenvalue weighted by Gasteiger charge is -2.22. The number of carboxylic acids is 1. The summed E-state index contributed by atoms with van der Waals surface area (Å²) >= 11 is 0. The molecule has 5 nitrogen and oxygen atoms in total. The number of likely N-dealkylation sites (tertiary alicyclic amines) is 1. The molecule has 0 spiro atoms. The van der Waals surface area contributed by atoms with Crippen molar-refractivity contribution in [1.29, 1.82) is 0 Å². The highest BCUT2D eigenvalue weighted by Gasteiger charge is 2.26. The molecular formula is C13H18N2O3. The van der Waals surface area contributed by atoms with Crippen molar-refractivity contribution in [1.82, 2.24) is 9.88 Å². The van der Waals surface area contributed by atoms with E-state index in [1.165, 1.54) is 0 Å². The van der Waals surface area contributed by atoms with Gasteiger partial charge in [-0.05, 0) is 25.5 Å². The van der Waals surface area contributed by atoms with Gasteiger partial charge in [0, 0.05) is 18.7 Å². The number of hydrogen-bond donors (Lipinski definition) is 1. The van der Waals surface area contributed by atoms with Crippen molar-refractivity contribution in [2.75, 3.05) is 13.7 Å². The molecule has 0 saturated carbocycles. The molecule has 1 aliphatic rings. The van der Waals surface area contributed by atoms with Gasteiger partial charge in [-0.25, -0.2) is 4.98 Å². The Morgan fingerprint density at radius 3 is 3.17 bits per heavy atom. The van der Waals surface area contributed by atoms with Crippen LogP contribution in [0.3, 0.4) is 0 Å². The van der Waals surface area contributed by atoms with E-state index in [0.29, 0.717) is 12.4 Å². The summed E-state index contributed by atoms with van der Waals surface area (Å²) in [5, 5.41) is 8.88. The van der Waals surface area contributed by atoms with Gasteiger partial charge in [-0.2, -0.15) is 0 Å². The standard InChI is InChI=1S/C13H18N2O3/c1-18-12-6-2-4-10(14-12)9-15-7-3-5-11(15)8-13(16)17/h2,4,6,11H,3,5,7-9H2,1H3,(H,16,17). The summed E-state index contributed by atoms with van der Waals surface area (Å²) in [4.78, 5) is 17.3. The Labute approximate surface area is 106 Å². The van der Waals surface area contributed by atoms with Crippen LogP contribution in [0.2, 0.25) is 0 Å². The number of ether oxygens (including phenoxy) is 1. The van der Waals surface area contributed by atoms with Crippen molar-refractivity contribution in [2.24, 2.45) is 0 Å². The smallest absolute Gasteiger partial charge is 0.304 e. The summed E-state index contributed by atoms with van der Waals surface area (Å²) < 4.78 is 5.09. The van der Waals surface area contributed by atoms with Crippen LogP contribution in [-0.2, 0) is 11.3 Å². The van der Waals surface area contributed by atoms with Crippen molar-refractivity contribution >= 4 is 5.97 Å². The van der Waals surface area contributed by atoms with Gasteiger partial charge in [0.25, 0.3) is 0 Å². The van der Waals surface area contributed by atoms with Crippen LogP contribution < -0.4 is 4.74 Å². The Balaban J connectivity index is 2.00. The average Bonchev–Trinajstić information content (AvgIpc) is 2.76. The number of aliphatic carboxylic acids is 1. The molecule has 1 aromatic heterocycles. The third-order valence-electron chi connectivity index (χ3n) is 3.26. The normalized spacial score (nSPS) is 19.9. The summed E-state index contributed by atoms with van der Waals surface area (Å²) in [6, 6.07) is 5.79. The Kier molecular flexibility index (Phi) is 4.15. The number of pyridine rings is 1. The van der Waals surface area contributed by atoms with Gasteiger partial charge >= 0.3 is 5.97 Å². The van der Waals surface area contributed by atoms with Gasteiger partial charge in [0.05, 0.1) is 19.2 Å². The van der Waals surface area contributed by atoms with Gasteiger partial charge in [-0.1, -0.05) is 6.07 Å². The summed E-state index contributed by atoms with van der Waals surface area (Å²) in [5.74, 6) is -0.132. The monoisotopic (exact) mass is 250 g/mol. The molecule has 0 aliphatic carbocycles. The molecule has 5 heteroatoms. The molecule has 0 amide bonds. The summed E-state index contributed by atoms with van der Waals surface area (Å²) in [6.07, 6.45) is 2.22. The quantitative estimate of drug-likeness (QED) is 0.858. The zero-order valence-electron chi connectivity index (χ0n) is 10.5. The Morgan fingerprint density at radius 1 is 1.61 bits per heavy atom. The van der Waals surface area contributed by atoms with E-state index in [1.807, 2.05) is 18.2 Å². The lowest BCUT2D eigenvalue weighted by molar-refractivity contribution is -0.138. The van der Waals surface area contributed by atoms with Crippen LogP contribution in [0.5, 0.6) is 5.88 Å². The van der Waals surface area contributed by atoms with E-state index in [0.717, 1.165) is 25.1 Å². The van der Waals surface area contributed by atoms with Crippen LogP contribution in [0.1, 0.15) is 25.0 Å². The maximum Gasteiger partial charge on any atom is 0.304 e. The second kappa shape index (κ2) is 5.82. The molecule has 1 unspecified atom stereocenters. The van der Waals surface area contributed by atoms with E-state index >= 15 is 0 Å². The molecule has 1 aromatic rings. The van der Waals surface area contributed by atoms with Crippen LogP contribution in [0.4, 0.5) is 0 Å². The number of methoxy groups -OCH3 is 1. The zero-order valence-corrected chi connectivity index (χ0v) is 10.5. The molecule has 1 aliphatic heterocycles. The second-order valence-electron chi connectivity index (χ2n) is 4.54. The number of aromatic nitrogens is 1. The summed E-state index contributed by atoms with van der Waals surface area (Å²) in [7, 11) is 1.59. The van der Waals surface area contributed by atoms with Crippen LogP contribution in [-0.4, -0.2) is 40.7 Å². The Morgan fingerprint density at radius 2 is 2.44 bits per heavy atom.